The summed E-state index contributed by atoms with van der Waals surface area (Å²) in [6, 6.07) is 0. The molecule has 0 N–H and O–H groups in total. The average Bonchev–Trinajstić information content (AvgIpc) is 2.32. The number of hydrogen-bond acceptors (Lipinski definition) is 2. The lowest BCUT2D eigenvalue weighted by molar-refractivity contribution is -0.200. The molecule has 0 aromatic carbocycles. The fourth-order valence-corrected chi connectivity index (χ4v) is 2.39. The van der Waals surface area contributed by atoms with Crippen molar-refractivity contribution in [1.29, 1.82) is 0 Å². The topological polar surface area (TPSA) is 18.5 Å². The van der Waals surface area contributed by atoms with E-state index in [1.165, 1.54) is 0 Å². The first-order chi connectivity index (χ1) is 5.99. The molecule has 0 saturated carbocycles. The van der Waals surface area contributed by atoms with Crippen LogP contribution in [0.3, 0.4) is 0 Å². The fourth-order valence-electron chi connectivity index (χ4n) is 2.39. The van der Waals surface area contributed by atoms with Crippen LogP contribution in [0.2, 0.25) is 0 Å². The highest BCUT2D eigenvalue weighted by Gasteiger charge is 2.42. The van der Waals surface area contributed by atoms with E-state index in [1.807, 2.05) is 0 Å². The molecule has 1 aliphatic heterocycles. The van der Waals surface area contributed by atoms with Crippen molar-refractivity contribution < 1.29 is 9.47 Å². The Labute approximate surface area is 81.6 Å². The second-order valence-corrected chi connectivity index (χ2v) is 4.51. The van der Waals surface area contributed by atoms with Crippen LogP contribution < -0.4 is 0 Å². The van der Waals surface area contributed by atoms with Gasteiger partial charge in [-0.05, 0) is 26.2 Å². The minimum Gasteiger partial charge on any atom is -0.347 e. The summed E-state index contributed by atoms with van der Waals surface area (Å²) in [4.78, 5) is 0. The van der Waals surface area contributed by atoms with Gasteiger partial charge < -0.3 is 9.47 Å². The molecule has 1 heterocycles. The predicted molar refractivity (Wildman–Crippen MR) is 53.5 cm³/mol. The molecule has 1 aliphatic rings. The van der Waals surface area contributed by atoms with Crippen LogP contribution in [-0.2, 0) is 9.47 Å². The zero-order valence-corrected chi connectivity index (χ0v) is 9.46. The van der Waals surface area contributed by atoms with Crippen LogP contribution in [0.25, 0.3) is 0 Å². The first-order valence-electron chi connectivity index (χ1n) is 5.31. The van der Waals surface area contributed by atoms with Crippen molar-refractivity contribution in [3.05, 3.63) is 0 Å². The summed E-state index contributed by atoms with van der Waals surface area (Å²) in [5.74, 6) is 0.764. The maximum atomic E-state index is 5.84. The monoisotopic (exact) mass is 186 g/mol. The molecule has 0 spiro atoms. The van der Waals surface area contributed by atoms with Crippen LogP contribution in [-0.4, -0.2) is 18.5 Å². The summed E-state index contributed by atoms with van der Waals surface area (Å²) in [5.41, 5.74) is 0. The van der Waals surface area contributed by atoms with E-state index in [1.54, 1.807) is 0 Å². The molecule has 0 aromatic rings. The van der Waals surface area contributed by atoms with Crippen molar-refractivity contribution >= 4 is 0 Å². The van der Waals surface area contributed by atoms with Crippen molar-refractivity contribution in [3.63, 3.8) is 0 Å². The summed E-state index contributed by atoms with van der Waals surface area (Å²) < 4.78 is 11.6. The Balaban J connectivity index is 2.67. The van der Waals surface area contributed by atoms with Gasteiger partial charge in [-0.15, -0.1) is 0 Å². The molecule has 1 rings (SSSR count). The Morgan fingerprint density at radius 3 is 2.38 bits per heavy atom. The Hall–Kier alpha value is -0.0800. The Morgan fingerprint density at radius 2 is 2.08 bits per heavy atom. The van der Waals surface area contributed by atoms with Gasteiger partial charge in [0.1, 0.15) is 0 Å². The van der Waals surface area contributed by atoms with Gasteiger partial charge in [0.25, 0.3) is 0 Å². The SMILES string of the molecule is CCC(C(C)C)C1(C)OCC(C)O1. The van der Waals surface area contributed by atoms with Crippen LogP contribution in [0.4, 0.5) is 0 Å². The van der Waals surface area contributed by atoms with Gasteiger partial charge in [0.05, 0.1) is 12.7 Å². The highest BCUT2D eigenvalue weighted by atomic mass is 16.7. The van der Waals surface area contributed by atoms with E-state index in [9.17, 15) is 0 Å². The third kappa shape index (κ3) is 2.23. The van der Waals surface area contributed by atoms with E-state index in [2.05, 4.69) is 34.6 Å². The first kappa shape index (κ1) is 11.0. The minimum absolute atomic E-state index is 0.248. The lowest BCUT2D eigenvalue weighted by atomic mass is 9.86. The van der Waals surface area contributed by atoms with Crippen LogP contribution in [0.15, 0.2) is 0 Å². The summed E-state index contributed by atoms with van der Waals surface area (Å²) in [6.07, 6.45) is 1.36. The predicted octanol–water partition coefficient (Wildman–Crippen LogP) is 2.82. The van der Waals surface area contributed by atoms with Gasteiger partial charge in [0.2, 0.25) is 0 Å². The van der Waals surface area contributed by atoms with Crippen LogP contribution in [0, 0.1) is 11.8 Å². The van der Waals surface area contributed by atoms with Crippen molar-refractivity contribution in [2.45, 2.75) is 52.9 Å². The van der Waals surface area contributed by atoms with Gasteiger partial charge in [-0.1, -0.05) is 20.8 Å². The second-order valence-electron chi connectivity index (χ2n) is 4.51. The van der Waals surface area contributed by atoms with E-state index < -0.39 is 0 Å². The van der Waals surface area contributed by atoms with Crippen molar-refractivity contribution in [3.8, 4) is 0 Å². The average molecular weight is 186 g/mol. The maximum Gasteiger partial charge on any atom is 0.169 e. The van der Waals surface area contributed by atoms with Gasteiger partial charge in [-0.2, -0.15) is 0 Å². The number of rotatable bonds is 3. The van der Waals surface area contributed by atoms with E-state index >= 15 is 0 Å². The van der Waals surface area contributed by atoms with Gasteiger partial charge in [0, 0.05) is 5.92 Å². The molecule has 0 amide bonds. The second kappa shape index (κ2) is 3.97. The van der Waals surface area contributed by atoms with Crippen molar-refractivity contribution in [2.75, 3.05) is 6.61 Å². The van der Waals surface area contributed by atoms with Crippen molar-refractivity contribution in [1.82, 2.24) is 0 Å². The molecule has 13 heavy (non-hydrogen) atoms. The molecule has 3 unspecified atom stereocenters. The molecule has 3 atom stereocenters. The molecule has 1 fully saturated rings. The maximum absolute atomic E-state index is 5.84. The Morgan fingerprint density at radius 1 is 1.46 bits per heavy atom. The first-order valence-corrected chi connectivity index (χ1v) is 5.31. The van der Waals surface area contributed by atoms with Gasteiger partial charge in [0.15, 0.2) is 5.79 Å². The number of ether oxygens (including phenoxy) is 2. The quantitative estimate of drug-likeness (QED) is 0.674. The van der Waals surface area contributed by atoms with E-state index in [0.717, 1.165) is 13.0 Å². The summed E-state index contributed by atoms with van der Waals surface area (Å²) in [6.45, 7) is 11.5. The van der Waals surface area contributed by atoms with Gasteiger partial charge >= 0.3 is 0 Å². The minimum atomic E-state index is -0.345. The molecule has 2 heteroatoms. The lowest BCUT2D eigenvalue weighted by Crippen LogP contribution is -2.39. The zero-order valence-electron chi connectivity index (χ0n) is 9.46. The summed E-state index contributed by atoms with van der Waals surface area (Å²) in [5, 5.41) is 0. The summed E-state index contributed by atoms with van der Waals surface area (Å²) in [7, 11) is 0. The van der Waals surface area contributed by atoms with E-state index in [4.69, 9.17) is 9.47 Å². The molecule has 0 radical (unpaired) electrons. The van der Waals surface area contributed by atoms with E-state index in [-0.39, 0.29) is 11.9 Å². The third-order valence-corrected chi connectivity index (χ3v) is 2.96. The largest absolute Gasteiger partial charge is 0.347 e. The fraction of sp³-hybridized carbons (Fsp3) is 1.00. The molecule has 78 valence electrons. The Bertz CT molecular complexity index is 167. The molecule has 0 bridgehead atoms. The third-order valence-electron chi connectivity index (χ3n) is 2.96. The Kier molecular flexibility index (Phi) is 3.36. The standard InChI is InChI=1S/C11H22O2/c1-6-10(8(2)3)11(5)12-7-9(4)13-11/h8-10H,6-7H2,1-5H3. The highest BCUT2D eigenvalue weighted by molar-refractivity contribution is 4.81. The summed E-state index contributed by atoms with van der Waals surface area (Å²) >= 11 is 0. The van der Waals surface area contributed by atoms with Gasteiger partial charge in [-0.3, -0.25) is 0 Å². The van der Waals surface area contributed by atoms with Crippen LogP contribution >= 0.6 is 0 Å². The molecule has 2 nitrogen and oxygen atoms in total. The molecular formula is C11H22O2. The van der Waals surface area contributed by atoms with Crippen LogP contribution in [0.5, 0.6) is 0 Å². The van der Waals surface area contributed by atoms with Gasteiger partial charge in [-0.25, -0.2) is 0 Å². The lowest BCUT2D eigenvalue weighted by Gasteiger charge is -2.34. The van der Waals surface area contributed by atoms with E-state index in [0.29, 0.717) is 11.8 Å². The van der Waals surface area contributed by atoms with Crippen molar-refractivity contribution in [2.24, 2.45) is 11.8 Å². The zero-order chi connectivity index (χ0) is 10.1. The van der Waals surface area contributed by atoms with Crippen LogP contribution in [0.1, 0.15) is 41.0 Å². The smallest absolute Gasteiger partial charge is 0.169 e. The molecule has 0 aromatic heterocycles. The molecule has 0 aliphatic carbocycles. The molecule has 1 saturated heterocycles. The highest BCUT2D eigenvalue weighted by Crippen LogP contribution is 2.36. The number of hydrogen-bond donors (Lipinski definition) is 0. The normalized spacial score (nSPS) is 36.9. The molecular weight excluding hydrogens is 164 g/mol.